The van der Waals surface area contributed by atoms with Crippen molar-refractivity contribution in [2.45, 2.75) is 0 Å². The first-order valence-corrected chi connectivity index (χ1v) is 9.07. The fourth-order valence-electron chi connectivity index (χ4n) is 2.72. The minimum atomic E-state index is 0.0362. The van der Waals surface area contributed by atoms with E-state index in [1.54, 1.807) is 60.8 Å². The van der Waals surface area contributed by atoms with Crippen LogP contribution < -0.4 is 4.74 Å². The summed E-state index contributed by atoms with van der Waals surface area (Å²) in [6, 6.07) is 15.7. The van der Waals surface area contributed by atoms with Gasteiger partial charge < -0.3 is 14.3 Å². The third-order valence-corrected chi connectivity index (χ3v) is 4.70. The fourth-order valence-corrected chi connectivity index (χ4v) is 3.10. The van der Waals surface area contributed by atoms with Crippen LogP contribution in [0.4, 0.5) is 5.69 Å². The van der Waals surface area contributed by atoms with Crippen LogP contribution in [0.1, 0.15) is 5.56 Å². The Morgan fingerprint density at radius 2 is 1.96 bits per heavy atom. The second kappa shape index (κ2) is 7.54. The maximum absolute atomic E-state index is 10.1. The number of methoxy groups -OCH3 is 1. The molecule has 1 N–H and O–H groups in total. The predicted molar refractivity (Wildman–Crippen MR) is 111 cm³/mol. The topological polar surface area (TPSA) is 67.9 Å². The second-order valence-corrected chi connectivity index (χ2v) is 6.80. The molecule has 4 aromatic rings. The van der Waals surface area contributed by atoms with Crippen molar-refractivity contribution in [1.82, 2.24) is 4.98 Å². The van der Waals surface area contributed by atoms with Crippen molar-refractivity contribution < 1.29 is 14.3 Å². The highest BCUT2D eigenvalue weighted by atomic mass is 35.5. The van der Waals surface area contributed by atoms with Crippen LogP contribution in [0.2, 0.25) is 10.0 Å². The van der Waals surface area contributed by atoms with Crippen LogP contribution in [0.15, 0.2) is 64.0 Å². The Labute approximate surface area is 170 Å². The molecule has 0 aliphatic heterocycles. The normalized spacial score (nSPS) is 11.4. The monoisotopic (exact) mass is 412 g/mol. The van der Waals surface area contributed by atoms with Crippen LogP contribution in [0.3, 0.4) is 0 Å². The zero-order chi connectivity index (χ0) is 19.7. The minimum Gasteiger partial charge on any atom is -0.504 e. The van der Waals surface area contributed by atoms with Crippen molar-refractivity contribution in [3.8, 4) is 23.0 Å². The van der Waals surface area contributed by atoms with Crippen molar-refractivity contribution in [2.75, 3.05) is 7.11 Å². The largest absolute Gasteiger partial charge is 0.504 e. The van der Waals surface area contributed by atoms with Gasteiger partial charge in [-0.3, -0.25) is 4.99 Å². The average Bonchev–Trinajstić information content (AvgIpc) is 3.12. The summed E-state index contributed by atoms with van der Waals surface area (Å²) in [5.74, 6) is 0.808. The standard InChI is InChI=1S/C21H14Cl2N2O3/c1-27-19-4-2-3-12(20(19)26)11-24-14-6-8-18-17(10-14)25-21(28-18)15-9-13(22)5-7-16(15)23/h2-11,26H,1H3. The molecule has 0 radical (unpaired) electrons. The van der Waals surface area contributed by atoms with Crippen LogP contribution in [0, 0.1) is 0 Å². The molecule has 28 heavy (non-hydrogen) atoms. The number of phenols is 1. The SMILES string of the molecule is COc1cccc(C=Nc2ccc3oc(-c4cc(Cl)ccc4Cl)nc3c2)c1O. The van der Waals surface area contributed by atoms with Gasteiger partial charge in [0.05, 0.1) is 23.4 Å². The number of hydrogen-bond donors (Lipinski definition) is 1. The van der Waals surface area contributed by atoms with Gasteiger partial charge in [0.25, 0.3) is 0 Å². The number of halogens is 2. The fraction of sp³-hybridized carbons (Fsp3) is 0.0476. The van der Waals surface area contributed by atoms with Gasteiger partial charge in [-0.2, -0.15) is 0 Å². The number of aromatic nitrogens is 1. The molecular formula is C21H14Cl2N2O3. The van der Waals surface area contributed by atoms with Crippen molar-refractivity contribution in [2.24, 2.45) is 4.99 Å². The summed E-state index contributed by atoms with van der Waals surface area (Å²) >= 11 is 12.3. The number of rotatable bonds is 4. The second-order valence-electron chi connectivity index (χ2n) is 5.95. The number of aromatic hydroxyl groups is 1. The molecule has 0 bridgehead atoms. The molecule has 7 heteroatoms. The summed E-state index contributed by atoms with van der Waals surface area (Å²) in [4.78, 5) is 8.90. The zero-order valence-electron chi connectivity index (χ0n) is 14.7. The first-order chi connectivity index (χ1) is 13.5. The Hall–Kier alpha value is -3.02. The van der Waals surface area contributed by atoms with Gasteiger partial charge in [0.1, 0.15) is 5.52 Å². The molecule has 0 atom stereocenters. The lowest BCUT2D eigenvalue weighted by atomic mass is 10.2. The highest BCUT2D eigenvalue weighted by Crippen LogP contribution is 2.33. The van der Waals surface area contributed by atoms with Gasteiger partial charge in [0.2, 0.25) is 5.89 Å². The van der Waals surface area contributed by atoms with Crippen molar-refractivity contribution in [3.63, 3.8) is 0 Å². The summed E-state index contributed by atoms with van der Waals surface area (Å²) in [6.07, 6.45) is 1.56. The average molecular weight is 413 g/mol. The van der Waals surface area contributed by atoms with Crippen molar-refractivity contribution in [3.05, 3.63) is 70.2 Å². The van der Waals surface area contributed by atoms with E-state index in [0.29, 0.717) is 49.6 Å². The molecule has 0 fully saturated rings. The first-order valence-electron chi connectivity index (χ1n) is 8.31. The molecule has 4 rings (SSSR count). The summed E-state index contributed by atoms with van der Waals surface area (Å²) in [5.41, 5.74) is 3.07. The smallest absolute Gasteiger partial charge is 0.228 e. The first kappa shape index (κ1) is 18.3. The van der Waals surface area contributed by atoms with Crippen LogP contribution in [0.5, 0.6) is 11.5 Å². The lowest BCUT2D eigenvalue weighted by molar-refractivity contribution is 0.373. The van der Waals surface area contributed by atoms with E-state index in [2.05, 4.69) is 9.98 Å². The molecule has 0 amide bonds. The number of benzene rings is 3. The summed E-state index contributed by atoms with van der Waals surface area (Å²) in [5, 5.41) is 11.2. The van der Waals surface area contributed by atoms with Crippen molar-refractivity contribution >= 4 is 46.2 Å². The number of oxazole rings is 1. The maximum atomic E-state index is 10.1. The number of phenolic OH excluding ortho intramolecular Hbond substituents is 1. The number of nitrogens with zero attached hydrogens (tertiary/aromatic N) is 2. The summed E-state index contributed by atoms with van der Waals surface area (Å²) < 4.78 is 10.9. The van der Waals surface area contributed by atoms with Gasteiger partial charge in [-0.1, -0.05) is 29.3 Å². The quantitative estimate of drug-likeness (QED) is 0.401. The zero-order valence-corrected chi connectivity index (χ0v) is 16.2. The third kappa shape index (κ3) is 3.54. The van der Waals surface area contributed by atoms with Gasteiger partial charge in [-0.15, -0.1) is 0 Å². The van der Waals surface area contributed by atoms with Crippen LogP contribution in [-0.4, -0.2) is 23.4 Å². The van der Waals surface area contributed by atoms with Gasteiger partial charge in [0, 0.05) is 16.8 Å². The molecule has 0 spiro atoms. The molecule has 0 saturated heterocycles. The van der Waals surface area contributed by atoms with E-state index in [1.165, 1.54) is 7.11 Å². The third-order valence-electron chi connectivity index (χ3n) is 4.13. The summed E-state index contributed by atoms with van der Waals surface area (Å²) in [7, 11) is 1.50. The van der Waals surface area contributed by atoms with E-state index in [9.17, 15) is 5.11 Å². The number of aliphatic imine (C=N–C) groups is 1. The van der Waals surface area contributed by atoms with E-state index in [0.717, 1.165) is 0 Å². The Morgan fingerprint density at radius 3 is 2.79 bits per heavy atom. The number of para-hydroxylation sites is 1. The highest BCUT2D eigenvalue weighted by molar-refractivity contribution is 6.35. The minimum absolute atomic E-state index is 0.0362. The highest BCUT2D eigenvalue weighted by Gasteiger charge is 2.13. The molecule has 1 aromatic heterocycles. The molecule has 5 nitrogen and oxygen atoms in total. The Morgan fingerprint density at radius 1 is 1.11 bits per heavy atom. The van der Waals surface area contributed by atoms with Gasteiger partial charge >= 0.3 is 0 Å². The van der Waals surface area contributed by atoms with Gasteiger partial charge in [0.15, 0.2) is 17.1 Å². The van der Waals surface area contributed by atoms with Crippen molar-refractivity contribution in [1.29, 1.82) is 0 Å². The Balaban J connectivity index is 1.68. The molecule has 140 valence electrons. The van der Waals surface area contributed by atoms with E-state index >= 15 is 0 Å². The lowest BCUT2D eigenvalue weighted by Crippen LogP contribution is -1.88. The maximum Gasteiger partial charge on any atom is 0.228 e. The molecule has 0 aliphatic carbocycles. The van der Waals surface area contributed by atoms with E-state index in [4.69, 9.17) is 32.4 Å². The number of fused-ring (bicyclic) bond motifs is 1. The Bertz CT molecular complexity index is 1200. The van der Waals surface area contributed by atoms with Gasteiger partial charge in [-0.25, -0.2) is 4.98 Å². The van der Waals surface area contributed by atoms with E-state index in [1.807, 2.05) is 0 Å². The molecule has 1 heterocycles. The number of hydrogen-bond acceptors (Lipinski definition) is 5. The molecule has 0 unspecified atom stereocenters. The molecule has 0 saturated carbocycles. The van der Waals surface area contributed by atoms with Crippen LogP contribution >= 0.6 is 23.2 Å². The van der Waals surface area contributed by atoms with Crippen LogP contribution in [0.25, 0.3) is 22.6 Å². The lowest BCUT2D eigenvalue weighted by Gasteiger charge is -2.04. The summed E-state index contributed by atoms with van der Waals surface area (Å²) in [6.45, 7) is 0. The molecule has 0 aliphatic rings. The van der Waals surface area contributed by atoms with Gasteiger partial charge in [-0.05, 0) is 48.5 Å². The van der Waals surface area contributed by atoms with E-state index < -0.39 is 0 Å². The molecule has 3 aromatic carbocycles. The predicted octanol–water partition coefficient (Wildman–Crippen LogP) is 6.27. The van der Waals surface area contributed by atoms with E-state index in [-0.39, 0.29) is 5.75 Å². The number of ether oxygens (including phenoxy) is 1. The van der Waals surface area contributed by atoms with Crippen LogP contribution in [-0.2, 0) is 0 Å². The molecular weight excluding hydrogens is 399 g/mol. The Kier molecular flexibility index (Phi) is 4.94.